The Morgan fingerprint density at radius 3 is 2.50 bits per heavy atom. The molecule has 1 aliphatic heterocycles. The number of nitrogens with zero attached hydrogens (tertiary/aromatic N) is 1. The number of ether oxygens (including phenoxy) is 1. The molecule has 0 spiro atoms. The molecule has 0 aromatic heterocycles. The minimum Gasteiger partial charge on any atom is -0.508 e. The molecule has 26 heavy (non-hydrogen) atoms. The summed E-state index contributed by atoms with van der Waals surface area (Å²) in [5.41, 5.74) is 4.07. The van der Waals surface area contributed by atoms with Gasteiger partial charge in [0.1, 0.15) is 12.4 Å². The van der Waals surface area contributed by atoms with Gasteiger partial charge in [-0.15, -0.1) is 0 Å². The number of hydrogen-bond acceptors (Lipinski definition) is 4. The number of hydrogen-bond donors (Lipinski definition) is 2. The summed E-state index contributed by atoms with van der Waals surface area (Å²) < 4.78 is 5.42. The lowest BCUT2D eigenvalue weighted by atomic mass is 9.90. The third kappa shape index (κ3) is 4.06. The zero-order valence-corrected chi connectivity index (χ0v) is 14.8. The van der Waals surface area contributed by atoms with E-state index in [4.69, 9.17) is 4.74 Å². The van der Waals surface area contributed by atoms with Crippen molar-refractivity contribution in [3.63, 3.8) is 0 Å². The summed E-state index contributed by atoms with van der Waals surface area (Å²) in [6.45, 7) is 2.47. The number of phenols is 1. The van der Waals surface area contributed by atoms with Crippen LogP contribution < -0.4 is 0 Å². The molecule has 0 saturated carbocycles. The summed E-state index contributed by atoms with van der Waals surface area (Å²) >= 11 is 0. The summed E-state index contributed by atoms with van der Waals surface area (Å²) in [7, 11) is 0. The number of amides is 1. The van der Waals surface area contributed by atoms with E-state index in [1.54, 1.807) is 17.0 Å². The first-order chi connectivity index (χ1) is 12.6. The fourth-order valence-corrected chi connectivity index (χ4v) is 3.21. The topological polar surface area (TPSA) is 70.0 Å². The van der Waals surface area contributed by atoms with E-state index in [0.717, 1.165) is 22.3 Å². The van der Waals surface area contributed by atoms with E-state index in [0.29, 0.717) is 13.0 Å². The molecular formula is C21H23NO4. The number of aromatic hydroxyl groups is 1. The fourth-order valence-electron chi connectivity index (χ4n) is 3.21. The summed E-state index contributed by atoms with van der Waals surface area (Å²) in [6.07, 6.45) is 0.130. The molecule has 1 heterocycles. The Labute approximate surface area is 153 Å². The van der Waals surface area contributed by atoms with Gasteiger partial charge < -0.3 is 14.9 Å². The monoisotopic (exact) mass is 353 g/mol. The molecule has 1 unspecified atom stereocenters. The second-order valence-corrected chi connectivity index (χ2v) is 6.51. The summed E-state index contributed by atoms with van der Waals surface area (Å²) in [6, 6.07) is 16.2. The molecule has 5 heteroatoms. The van der Waals surface area contributed by atoms with Gasteiger partial charge in [-0.05, 0) is 47.8 Å². The first kappa shape index (κ1) is 18.0. The molecule has 0 aliphatic carbocycles. The number of carbonyl (C=O) groups excluding carboxylic acids is 1. The van der Waals surface area contributed by atoms with Gasteiger partial charge in [0, 0.05) is 6.54 Å². The first-order valence-corrected chi connectivity index (χ1v) is 8.64. The number of aliphatic hydroxyl groups is 1. The Hall–Kier alpha value is -2.79. The SMILES string of the molecule is CC1=C(c2ccc(O)cc2)CC(CO)N(C(=O)OCc2ccccc2)C1. The highest BCUT2D eigenvalue weighted by molar-refractivity contribution is 5.75. The smallest absolute Gasteiger partial charge is 0.410 e. The molecule has 0 fully saturated rings. The van der Waals surface area contributed by atoms with E-state index in [2.05, 4.69) is 0 Å². The van der Waals surface area contributed by atoms with Gasteiger partial charge in [-0.2, -0.15) is 0 Å². The van der Waals surface area contributed by atoms with Gasteiger partial charge in [0.15, 0.2) is 0 Å². The van der Waals surface area contributed by atoms with Crippen molar-refractivity contribution in [3.8, 4) is 5.75 Å². The van der Waals surface area contributed by atoms with Gasteiger partial charge in [-0.3, -0.25) is 4.90 Å². The van der Waals surface area contributed by atoms with Crippen molar-refractivity contribution in [2.45, 2.75) is 26.0 Å². The number of aliphatic hydroxyl groups excluding tert-OH is 1. The zero-order valence-electron chi connectivity index (χ0n) is 14.8. The van der Waals surface area contributed by atoms with E-state index < -0.39 is 6.09 Å². The van der Waals surface area contributed by atoms with E-state index >= 15 is 0 Å². The molecule has 0 saturated heterocycles. The predicted octanol–water partition coefficient (Wildman–Crippen LogP) is 3.57. The Morgan fingerprint density at radius 2 is 1.85 bits per heavy atom. The van der Waals surface area contributed by atoms with Crippen LogP contribution in [0.25, 0.3) is 5.57 Å². The van der Waals surface area contributed by atoms with Gasteiger partial charge in [-0.1, -0.05) is 42.5 Å². The van der Waals surface area contributed by atoms with Crippen LogP contribution in [0.2, 0.25) is 0 Å². The molecule has 3 rings (SSSR count). The van der Waals surface area contributed by atoms with Crippen LogP contribution in [0.4, 0.5) is 4.79 Å². The van der Waals surface area contributed by atoms with E-state index in [1.165, 1.54) is 0 Å². The van der Waals surface area contributed by atoms with Gasteiger partial charge in [0.05, 0.1) is 12.6 Å². The molecule has 1 amide bonds. The van der Waals surface area contributed by atoms with E-state index in [-0.39, 0.29) is 25.0 Å². The van der Waals surface area contributed by atoms with Crippen molar-refractivity contribution in [3.05, 3.63) is 71.3 Å². The average molecular weight is 353 g/mol. The van der Waals surface area contributed by atoms with Crippen LogP contribution in [0.15, 0.2) is 60.2 Å². The maximum Gasteiger partial charge on any atom is 0.410 e. The number of rotatable bonds is 4. The lowest BCUT2D eigenvalue weighted by molar-refractivity contribution is 0.0672. The van der Waals surface area contributed by atoms with Crippen LogP contribution in [0.1, 0.15) is 24.5 Å². The van der Waals surface area contributed by atoms with Gasteiger partial charge in [0.25, 0.3) is 0 Å². The molecule has 1 aliphatic rings. The highest BCUT2D eigenvalue weighted by atomic mass is 16.6. The van der Waals surface area contributed by atoms with Gasteiger partial charge >= 0.3 is 6.09 Å². The van der Waals surface area contributed by atoms with Crippen molar-refractivity contribution in [1.29, 1.82) is 0 Å². The molecule has 0 bridgehead atoms. The molecule has 0 radical (unpaired) electrons. The lowest BCUT2D eigenvalue weighted by Gasteiger charge is -2.36. The number of phenolic OH excluding ortho intramolecular Hbond substituents is 1. The number of carbonyl (C=O) groups is 1. The maximum atomic E-state index is 12.5. The summed E-state index contributed by atoms with van der Waals surface area (Å²) in [4.78, 5) is 14.1. The van der Waals surface area contributed by atoms with Crippen LogP contribution in [-0.4, -0.2) is 40.4 Å². The minimum absolute atomic E-state index is 0.130. The highest BCUT2D eigenvalue weighted by Crippen LogP contribution is 2.32. The average Bonchev–Trinajstić information content (AvgIpc) is 2.67. The summed E-state index contributed by atoms with van der Waals surface area (Å²) in [5, 5.41) is 19.2. The van der Waals surface area contributed by atoms with Gasteiger partial charge in [0.2, 0.25) is 0 Å². The van der Waals surface area contributed by atoms with E-state index in [1.807, 2.05) is 49.4 Å². The second-order valence-electron chi connectivity index (χ2n) is 6.51. The zero-order chi connectivity index (χ0) is 18.5. The Morgan fingerprint density at radius 1 is 1.15 bits per heavy atom. The first-order valence-electron chi connectivity index (χ1n) is 8.64. The third-order valence-corrected chi connectivity index (χ3v) is 4.67. The molecule has 136 valence electrons. The Kier molecular flexibility index (Phi) is 5.58. The molecule has 2 aromatic rings. The molecule has 5 nitrogen and oxygen atoms in total. The van der Waals surface area contributed by atoms with E-state index in [9.17, 15) is 15.0 Å². The largest absolute Gasteiger partial charge is 0.508 e. The second kappa shape index (κ2) is 8.06. The summed E-state index contributed by atoms with van der Waals surface area (Å²) in [5.74, 6) is 0.215. The van der Waals surface area contributed by atoms with Crippen LogP contribution in [0, 0.1) is 0 Å². The van der Waals surface area contributed by atoms with Gasteiger partial charge in [-0.25, -0.2) is 4.79 Å². The fraction of sp³-hybridized carbons (Fsp3) is 0.286. The predicted molar refractivity (Wildman–Crippen MR) is 99.5 cm³/mol. The van der Waals surface area contributed by atoms with Crippen molar-refractivity contribution in [2.24, 2.45) is 0 Å². The van der Waals surface area contributed by atoms with Crippen LogP contribution in [0.3, 0.4) is 0 Å². The van der Waals surface area contributed by atoms with Crippen molar-refractivity contribution in [1.82, 2.24) is 4.90 Å². The molecule has 2 aromatic carbocycles. The van der Waals surface area contributed by atoms with Crippen LogP contribution in [-0.2, 0) is 11.3 Å². The normalized spacial score (nSPS) is 17.3. The quantitative estimate of drug-likeness (QED) is 0.882. The van der Waals surface area contributed by atoms with Crippen molar-refractivity contribution in [2.75, 3.05) is 13.2 Å². The maximum absolute atomic E-state index is 12.5. The van der Waals surface area contributed by atoms with Crippen LogP contribution in [0.5, 0.6) is 5.75 Å². The minimum atomic E-state index is -0.419. The highest BCUT2D eigenvalue weighted by Gasteiger charge is 2.31. The van der Waals surface area contributed by atoms with Crippen LogP contribution >= 0.6 is 0 Å². The third-order valence-electron chi connectivity index (χ3n) is 4.67. The number of benzene rings is 2. The standard InChI is InChI=1S/C21H23NO4/c1-15-12-22(21(25)26-14-16-5-3-2-4-6-16)18(13-23)11-20(15)17-7-9-19(24)10-8-17/h2-10,18,23-24H,11-14H2,1H3. The Balaban J connectivity index is 1.72. The van der Waals surface area contributed by atoms with Crippen molar-refractivity contribution < 1.29 is 19.7 Å². The Bertz CT molecular complexity index is 783. The molecule has 2 N–H and O–H groups in total. The van der Waals surface area contributed by atoms with Crippen molar-refractivity contribution >= 4 is 11.7 Å². The lowest BCUT2D eigenvalue weighted by Crippen LogP contribution is -2.46. The molecule has 1 atom stereocenters. The molecular weight excluding hydrogens is 330 g/mol.